The molecule has 1 aromatic rings. The molecule has 0 N–H and O–H groups in total. The number of amides is 1. The highest BCUT2D eigenvalue weighted by atomic mass is 35.6. The maximum Gasteiger partial charge on any atom is 0.434 e. The second-order valence-electron chi connectivity index (χ2n) is 7.99. The number of carbonyl (C=O) groups excluding carboxylic acids is 1. The van der Waals surface area contributed by atoms with Gasteiger partial charge >= 0.3 is 6.09 Å². The van der Waals surface area contributed by atoms with Gasteiger partial charge in [0.2, 0.25) is 3.79 Å². The average molecular weight is 471 g/mol. The lowest BCUT2D eigenvalue weighted by atomic mass is 10.2. The SMILES string of the molecule is CC(C)(C)[Si](C)(C)OCCCN(OCc1ccccc1)C(=O)OCC(Cl)(Cl)Cl. The molecule has 5 nitrogen and oxygen atoms in total. The van der Waals surface area contributed by atoms with Crippen molar-refractivity contribution in [2.45, 2.75) is 55.7 Å². The minimum absolute atomic E-state index is 0.125. The standard InChI is InChI=1S/C19H30Cl3NO4Si/c1-18(2,3)28(4,5)27-13-9-12-23(17(24)25-15-19(20,21)22)26-14-16-10-7-6-8-11-16/h6-8,10-11H,9,12-15H2,1-5H3. The van der Waals surface area contributed by atoms with E-state index in [2.05, 4.69) is 33.9 Å². The molecule has 0 unspecified atom stereocenters. The summed E-state index contributed by atoms with van der Waals surface area (Å²) in [7, 11) is -1.84. The summed E-state index contributed by atoms with van der Waals surface area (Å²) in [6.07, 6.45) is -0.0981. The van der Waals surface area contributed by atoms with Gasteiger partial charge in [0.15, 0.2) is 8.32 Å². The number of rotatable bonds is 9. The van der Waals surface area contributed by atoms with Crippen molar-refractivity contribution in [3.8, 4) is 0 Å². The Morgan fingerprint density at radius 3 is 2.25 bits per heavy atom. The Labute approximate surface area is 184 Å². The Morgan fingerprint density at radius 2 is 1.71 bits per heavy atom. The van der Waals surface area contributed by atoms with Crippen LogP contribution in [0.4, 0.5) is 4.79 Å². The predicted octanol–water partition coefficient (Wildman–Crippen LogP) is 6.34. The van der Waals surface area contributed by atoms with E-state index in [0.717, 1.165) is 10.6 Å². The Bertz CT molecular complexity index is 603. The maximum atomic E-state index is 12.3. The first kappa shape index (κ1) is 25.5. The van der Waals surface area contributed by atoms with Crippen molar-refractivity contribution in [2.24, 2.45) is 0 Å². The fraction of sp³-hybridized carbons (Fsp3) is 0.632. The van der Waals surface area contributed by atoms with E-state index in [1.54, 1.807) is 0 Å². The van der Waals surface area contributed by atoms with E-state index in [4.69, 9.17) is 48.8 Å². The molecule has 0 radical (unpaired) electrons. The highest BCUT2D eigenvalue weighted by Crippen LogP contribution is 2.36. The molecule has 9 heteroatoms. The van der Waals surface area contributed by atoms with Crippen LogP contribution in [0, 0.1) is 0 Å². The molecule has 0 heterocycles. The van der Waals surface area contributed by atoms with E-state index in [0.29, 0.717) is 19.6 Å². The molecule has 0 bridgehead atoms. The van der Waals surface area contributed by atoms with Crippen LogP contribution in [0.25, 0.3) is 0 Å². The Hall–Kier alpha value is -0.503. The van der Waals surface area contributed by atoms with Gasteiger partial charge < -0.3 is 9.16 Å². The number of ether oxygens (including phenoxy) is 1. The molecule has 0 saturated carbocycles. The fourth-order valence-electron chi connectivity index (χ4n) is 1.90. The Balaban J connectivity index is 2.60. The summed E-state index contributed by atoms with van der Waals surface area (Å²) in [5, 5.41) is 1.28. The normalized spacial score (nSPS) is 12.7. The van der Waals surface area contributed by atoms with Crippen LogP contribution < -0.4 is 0 Å². The van der Waals surface area contributed by atoms with Crippen LogP contribution in [0.1, 0.15) is 32.8 Å². The minimum Gasteiger partial charge on any atom is -0.443 e. The van der Waals surface area contributed by atoms with Gasteiger partial charge in [0.05, 0.1) is 6.54 Å². The molecule has 1 rings (SSSR count). The molecular weight excluding hydrogens is 441 g/mol. The largest absolute Gasteiger partial charge is 0.443 e. The zero-order chi connectivity index (χ0) is 21.4. The first-order chi connectivity index (χ1) is 12.8. The van der Waals surface area contributed by atoms with Gasteiger partial charge in [-0.05, 0) is 30.1 Å². The number of alkyl halides is 3. The number of benzene rings is 1. The van der Waals surface area contributed by atoms with Crippen LogP contribution in [-0.2, 0) is 20.6 Å². The number of nitrogens with zero attached hydrogens (tertiary/aromatic N) is 1. The molecule has 160 valence electrons. The number of hydrogen-bond acceptors (Lipinski definition) is 4. The van der Waals surface area contributed by atoms with Gasteiger partial charge in [-0.2, -0.15) is 5.06 Å². The molecule has 0 aliphatic rings. The average Bonchev–Trinajstić information content (AvgIpc) is 2.58. The molecule has 0 spiro atoms. The maximum absolute atomic E-state index is 12.3. The third-order valence-corrected chi connectivity index (χ3v) is 9.43. The minimum atomic E-state index is -1.84. The van der Waals surface area contributed by atoms with Crippen molar-refractivity contribution in [1.29, 1.82) is 0 Å². The molecule has 0 saturated heterocycles. The number of hydroxylamine groups is 2. The van der Waals surface area contributed by atoms with Crippen molar-refractivity contribution in [1.82, 2.24) is 5.06 Å². The van der Waals surface area contributed by atoms with E-state index < -0.39 is 18.2 Å². The highest BCUT2D eigenvalue weighted by molar-refractivity contribution is 6.74. The van der Waals surface area contributed by atoms with Gasteiger partial charge in [0.25, 0.3) is 0 Å². The molecular formula is C19H30Cl3NO4Si. The molecule has 0 atom stereocenters. The predicted molar refractivity (Wildman–Crippen MR) is 117 cm³/mol. The van der Waals surface area contributed by atoms with Gasteiger partial charge in [-0.25, -0.2) is 4.79 Å². The smallest absolute Gasteiger partial charge is 0.434 e. The van der Waals surface area contributed by atoms with Crippen LogP contribution in [0.15, 0.2) is 30.3 Å². The zero-order valence-corrected chi connectivity index (χ0v) is 20.4. The van der Waals surface area contributed by atoms with Crippen molar-refractivity contribution < 1.29 is 18.8 Å². The molecule has 0 aromatic heterocycles. The summed E-state index contributed by atoms with van der Waals surface area (Å²) in [4.78, 5) is 18.0. The number of carbonyl (C=O) groups is 1. The van der Waals surface area contributed by atoms with Gasteiger partial charge in [-0.3, -0.25) is 4.84 Å². The fourth-order valence-corrected chi connectivity index (χ4v) is 3.15. The van der Waals surface area contributed by atoms with E-state index in [1.807, 2.05) is 30.3 Å². The molecule has 28 heavy (non-hydrogen) atoms. The van der Waals surface area contributed by atoms with Gasteiger partial charge in [-0.1, -0.05) is 85.9 Å². The van der Waals surface area contributed by atoms with Crippen molar-refractivity contribution in [2.75, 3.05) is 19.8 Å². The lowest BCUT2D eigenvalue weighted by molar-refractivity contribution is -0.147. The summed E-state index contributed by atoms with van der Waals surface area (Å²) < 4.78 is 9.51. The van der Waals surface area contributed by atoms with Gasteiger partial charge in [0, 0.05) is 6.61 Å². The molecule has 1 amide bonds. The van der Waals surface area contributed by atoms with Crippen molar-refractivity contribution in [3.63, 3.8) is 0 Å². The zero-order valence-electron chi connectivity index (χ0n) is 17.1. The van der Waals surface area contributed by atoms with Gasteiger partial charge in [0.1, 0.15) is 13.2 Å². The lowest BCUT2D eigenvalue weighted by Gasteiger charge is -2.36. The van der Waals surface area contributed by atoms with E-state index in [1.165, 1.54) is 0 Å². The van der Waals surface area contributed by atoms with E-state index in [-0.39, 0.29) is 18.3 Å². The Kier molecular flexibility index (Phi) is 10.1. The first-order valence-corrected chi connectivity index (χ1v) is 13.2. The van der Waals surface area contributed by atoms with Crippen LogP contribution in [0.3, 0.4) is 0 Å². The third kappa shape index (κ3) is 9.81. The molecule has 0 aliphatic heterocycles. The quantitative estimate of drug-likeness (QED) is 0.183. The van der Waals surface area contributed by atoms with Crippen LogP contribution in [0.5, 0.6) is 0 Å². The third-order valence-electron chi connectivity index (χ3n) is 4.57. The van der Waals surface area contributed by atoms with Crippen LogP contribution in [0.2, 0.25) is 18.1 Å². The second-order valence-corrected chi connectivity index (χ2v) is 15.3. The summed E-state index contributed by atoms with van der Waals surface area (Å²) in [6.45, 7) is 11.6. The second kappa shape index (κ2) is 11.0. The topological polar surface area (TPSA) is 48.0 Å². The van der Waals surface area contributed by atoms with Crippen LogP contribution >= 0.6 is 34.8 Å². The summed E-state index contributed by atoms with van der Waals surface area (Å²) in [5.41, 5.74) is 0.930. The molecule has 0 fully saturated rings. The monoisotopic (exact) mass is 469 g/mol. The molecule has 1 aromatic carbocycles. The molecule has 0 aliphatic carbocycles. The van der Waals surface area contributed by atoms with Crippen LogP contribution in [-0.4, -0.2) is 43.0 Å². The number of halogens is 3. The van der Waals surface area contributed by atoms with E-state index >= 15 is 0 Å². The summed E-state index contributed by atoms with van der Waals surface area (Å²) in [5.74, 6) is 0. The number of hydrogen-bond donors (Lipinski definition) is 0. The Morgan fingerprint density at radius 1 is 1.11 bits per heavy atom. The summed E-state index contributed by atoms with van der Waals surface area (Å²) >= 11 is 17.0. The summed E-state index contributed by atoms with van der Waals surface area (Å²) in [6, 6.07) is 9.53. The van der Waals surface area contributed by atoms with Gasteiger partial charge in [-0.15, -0.1) is 0 Å². The van der Waals surface area contributed by atoms with E-state index in [9.17, 15) is 4.79 Å². The first-order valence-electron chi connectivity index (χ1n) is 9.14. The lowest BCUT2D eigenvalue weighted by Crippen LogP contribution is -2.41. The van der Waals surface area contributed by atoms with Crippen molar-refractivity contribution >= 4 is 49.2 Å². The highest BCUT2D eigenvalue weighted by Gasteiger charge is 2.37. The van der Waals surface area contributed by atoms with Crippen molar-refractivity contribution in [3.05, 3.63) is 35.9 Å².